The Morgan fingerprint density at radius 2 is 1.86 bits per heavy atom. The Morgan fingerprint density at radius 3 is 2.48 bits per heavy atom. The number of hydrogen-bond acceptors (Lipinski definition) is 1. The van der Waals surface area contributed by atoms with Gasteiger partial charge in [0.15, 0.2) is 6.54 Å². The van der Waals surface area contributed by atoms with E-state index in [1.807, 2.05) is 0 Å². The van der Waals surface area contributed by atoms with Crippen LogP contribution in [0, 0.1) is 5.82 Å². The molecule has 0 heterocycles. The second-order valence-corrected chi connectivity index (χ2v) is 6.60. The van der Waals surface area contributed by atoms with Crippen LogP contribution in [0.2, 0.25) is 0 Å². The lowest BCUT2D eigenvalue weighted by Gasteiger charge is -2.35. The molecule has 1 saturated carbocycles. The minimum atomic E-state index is -0.224. The average molecular weight is 293 g/mol. The van der Waals surface area contributed by atoms with Gasteiger partial charge in [-0.25, -0.2) is 4.39 Å². The Kier molecular flexibility index (Phi) is 5.34. The van der Waals surface area contributed by atoms with E-state index in [-0.39, 0.29) is 11.7 Å². The van der Waals surface area contributed by atoms with Gasteiger partial charge in [-0.1, -0.05) is 12.1 Å². The second-order valence-electron chi connectivity index (χ2n) is 6.60. The normalized spacial score (nSPS) is 16.1. The van der Waals surface area contributed by atoms with E-state index >= 15 is 0 Å². The Balaban J connectivity index is 1.73. The fourth-order valence-corrected chi connectivity index (χ4v) is 3.16. The van der Waals surface area contributed by atoms with Crippen molar-refractivity contribution in [3.63, 3.8) is 0 Å². The predicted molar refractivity (Wildman–Crippen MR) is 82.3 cm³/mol. The van der Waals surface area contributed by atoms with Crippen molar-refractivity contribution < 1.29 is 13.7 Å². The highest BCUT2D eigenvalue weighted by Gasteiger charge is 2.32. The number of nitrogens with one attached hydrogen (secondary N) is 1. The van der Waals surface area contributed by atoms with Crippen LogP contribution in [0.15, 0.2) is 24.3 Å². The molecule has 0 spiro atoms. The van der Waals surface area contributed by atoms with E-state index in [1.165, 1.54) is 37.8 Å². The molecule has 116 valence electrons. The molecule has 3 nitrogen and oxygen atoms in total. The van der Waals surface area contributed by atoms with Gasteiger partial charge in [0.25, 0.3) is 5.91 Å². The highest BCUT2D eigenvalue weighted by molar-refractivity contribution is 5.77. The van der Waals surface area contributed by atoms with Gasteiger partial charge in [-0.3, -0.25) is 4.79 Å². The van der Waals surface area contributed by atoms with E-state index in [2.05, 4.69) is 19.4 Å². The van der Waals surface area contributed by atoms with Crippen LogP contribution in [0.3, 0.4) is 0 Å². The lowest BCUT2D eigenvalue weighted by molar-refractivity contribution is -0.906. The molecular formula is C17H26FN2O+. The van der Waals surface area contributed by atoms with Crippen molar-refractivity contribution >= 4 is 5.91 Å². The van der Waals surface area contributed by atoms with Crippen LogP contribution < -0.4 is 5.32 Å². The number of carbonyl (C=O) groups is 1. The molecule has 0 unspecified atom stereocenters. The van der Waals surface area contributed by atoms with Crippen molar-refractivity contribution in [1.29, 1.82) is 0 Å². The molecule has 1 amide bonds. The van der Waals surface area contributed by atoms with Crippen molar-refractivity contribution in [3.05, 3.63) is 35.6 Å². The number of amides is 1. The molecule has 1 aliphatic carbocycles. The maximum absolute atomic E-state index is 12.8. The zero-order valence-electron chi connectivity index (χ0n) is 13.1. The molecule has 1 N–H and O–H groups in total. The third kappa shape index (κ3) is 4.81. The van der Waals surface area contributed by atoms with Crippen LogP contribution >= 0.6 is 0 Å². The van der Waals surface area contributed by atoms with Crippen LogP contribution in [-0.4, -0.2) is 43.6 Å². The van der Waals surface area contributed by atoms with Gasteiger partial charge >= 0.3 is 0 Å². The first-order valence-electron chi connectivity index (χ1n) is 7.81. The molecule has 0 aliphatic heterocycles. The SMILES string of the molecule is C[N+](C)(CC(=O)NCCc1ccc(F)cc1)C1CCCC1. The lowest BCUT2D eigenvalue weighted by Crippen LogP contribution is -2.53. The molecule has 0 saturated heterocycles. The maximum Gasteiger partial charge on any atom is 0.275 e. The zero-order chi connectivity index (χ0) is 15.3. The number of benzene rings is 1. The summed E-state index contributed by atoms with van der Waals surface area (Å²) in [6, 6.07) is 7.06. The number of halogens is 1. The van der Waals surface area contributed by atoms with Gasteiger partial charge in [-0.2, -0.15) is 0 Å². The smallest absolute Gasteiger partial charge is 0.275 e. The molecule has 2 rings (SSSR count). The summed E-state index contributed by atoms with van der Waals surface area (Å²) in [6.07, 6.45) is 5.78. The number of rotatable bonds is 6. The Hall–Kier alpha value is -1.42. The minimum Gasteiger partial charge on any atom is -0.351 e. The van der Waals surface area contributed by atoms with Crippen molar-refractivity contribution in [2.45, 2.75) is 38.1 Å². The van der Waals surface area contributed by atoms with Crippen LogP contribution in [0.1, 0.15) is 31.2 Å². The summed E-state index contributed by atoms with van der Waals surface area (Å²) in [7, 11) is 4.30. The first-order chi connectivity index (χ1) is 9.97. The molecule has 1 aromatic carbocycles. The van der Waals surface area contributed by atoms with E-state index in [1.54, 1.807) is 12.1 Å². The van der Waals surface area contributed by atoms with Crippen LogP contribution in [0.4, 0.5) is 4.39 Å². The number of hydrogen-bond donors (Lipinski definition) is 1. The minimum absolute atomic E-state index is 0.106. The fourth-order valence-electron chi connectivity index (χ4n) is 3.16. The maximum atomic E-state index is 12.8. The first kappa shape index (κ1) is 16.0. The van der Waals surface area contributed by atoms with Gasteiger partial charge < -0.3 is 9.80 Å². The third-order valence-corrected chi connectivity index (χ3v) is 4.51. The highest BCUT2D eigenvalue weighted by atomic mass is 19.1. The standard InChI is InChI=1S/C17H25FN2O/c1-20(2,16-5-3-4-6-16)13-17(21)19-12-11-14-7-9-15(18)10-8-14/h7-10,16H,3-6,11-13H2,1-2H3/p+1. The molecule has 1 aromatic rings. The molecule has 0 aromatic heterocycles. The molecule has 0 radical (unpaired) electrons. The van der Waals surface area contributed by atoms with Crippen molar-refractivity contribution in [2.24, 2.45) is 0 Å². The topological polar surface area (TPSA) is 29.1 Å². The van der Waals surface area contributed by atoms with E-state index in [0.717, 1.165) is 16.5 Å². The quantitative estimate of drug-likeness (QED) is 0.802. The van der Waals surface area contributed by atoms with Gasteiger partial charge in [0.2, 0.25) is 0 Å². The van der Waals surface area contributed by atoms with E-state index < -0.39 is 0 Å². The molecule has 1 fully saturated rings. The Bertz CT molecular complexity index is 464. The summed E-state index contributed by atoms with van der Waals surface area (Å²) >= 11 is 0. The molecular weight excluding hydrogens is 267 g/mol. The number of carbonyl (C=O) groups excluding carboxylic acids is 1. The largest absolute Gasteiger partial charge is 0.351 e. The van der Waals surface area contributed by atoms with Gasteiger partial charge in [0, 0.05) is 6.54 Å². The number of nitrogens with zero attached hydrogens (tertiary/aromatic N) is 1. The average Bonchev–Trinajstić information content (AvgIpc) is 2.95. The molecule has 0 bridgehead atoms. The van der Waals surface area contributed by atoms with Crippen molar-refractivity contribution in [2.75, 3.05) is 27.2 Å². The fraction of sp³-hybridized carbons (Fsp3) is 0.588. The van der Waals surface area contributed by atoms with Gasteiger partial charge in [0.1, 0.15) is 5.82 Å². The molecule has 21 heavy (non-hydrogen) atoms. The zero-order valence-corrected chi connectivity index (χ0v) is 13.1. The molecule has 0 atom stereocenters. The van der Waals surface area contributed by atoms with Crippen molar-refractivity contribution in [3.8, 4) is 0 Å². The Morgan fingerprint density at radius 1 is 1.24 bits per heavy atom. The first-order valence-corrected chi connectivity index (χ1v) is 7.81. The Labute approximate surface area is 126 Å². The second kappa shape index (κ2) is 7.03. The summed E-state index contributed by atoms with van der Waals surface area (Å²) < 4.78 is 13.6. The highest BCUT2D eigenvalue weighted by Crippen LogP contribution is 2.26. The summed E-state index contributed by atoms with van der Waals surface area (Å²) in [5, 5.41) is 2.98. The van der Waals surface area contributed by atoms with E-state index in [4.69, 9.17) is 0 Å². The molecule has 4 heteroatoms. The van der Waals surface area contributed by atoms with Gasteiger partial charge in [-0.05, 0) is 49.8 Å². The third-order valence-electron chi connectivity index (χ3n) is 4.51. The lowest BCUT2D eigenvalue weighted by atomic mass is 10.1. The summed E-state index contributed by atoms with van der Waals surface area (Å²) in [4.78, 5) is 12.1. The monoisotopic (exact) mass is 293 g/mol. The van der Waals surface area contributed by atoms with E-state index in [9.17, 15) is 9.18 Å². The summed E-state index contributed by atoms with van der Waals surface area (Å²) in [6.45, 7) is 1.14. The van der Waals surface area contributed by atoms with Crippen molar-refractivity contribution in [1.82, 2.24) is 5.32 Å². The van der Waals surface area contributed by atoms with Crippen LogP contribution in [0.5, 0.6) is 0 Å². The predicted octanol–water partition coefficient (Wildman–Crippen LogP) is 2.50. The van der Waals surface area contributed by atoms with E-state index in [0.29, 0.717) is 19.1 Å². The molecule has 1 aliphatic rings. The van der Waals surface area contributed by atoms with Crippen LogP contribution in [0.25, 0.3) is 0 Å². The van der Waals surface area contributed by atoms with Gasteiger partial charge in [-0.15, -0.1) is 0 Å². The summed E-state index contributed by atoms with van der Waals surface area (Å²) in [5.41, 5.74) is 1.04. The number of quaternary nitrogens is 1. The number of likely N-dealkylation sites (N-methyl/N-ethyl adjacent to an activating group) is 1. The van der Waals surface area contributed by atoms with Gasteiger partial charge in [0.05, 0.1) is 20.1 Å². The van der Waals surface area contributed by atoms with Crippen LogP contribution in [-0.2, 0) is 11.2 Å². The summed E-state index contributed by atoms with van der Waals surface area (Å²) in [5.74, 6) is -0.118.